The molecular formula is C15H19N3. The molecular weight excluding hydrogens is 222 g/mol. The Labute approximate surface area is 108 Å². The van der Waals surface area contributed by atoms with Gasteiger partial charge in [-0.1, -0.05) is 24.6 Å². The summed E-state index contributed by atoms with van der Waals surface area (Å²) in [7, 11) is 0. The van der Waals surface area contributed by atoms with Gasteiger partial charge in [-0.2, -0.15) is 0 Å². The second-order valence-electron chi connectivity index (χ2n) is 4.51. The molecule has 3 nitrogen and oxygen atoms in total. The van der Waals surface area contributed by atoms with Gasteiger partial charge in [-0.15, -0.1) is 0 Å². The van der Waals surface area contributed by atoms with Gasteiger partial charge in [0.25, 0.3) is 0 Å². The van der Waals surface area contributed by atoms with Crippen molar-refractivity contribution in [2.45, 2.75) is 27.2 Å². The minimum Gasteiger partial charge on any atom is -0.370 e. The van der Waals surface area contributed by atoms with Crippen LogP contribution in [0.2, 0.25) is 0 Å². The molecule has 0 aliphatic carbocycles. The van der Waals surface area contributed by atoms with Crippen LogP contribution in [0.4, 0.5) is 5.82 Å². The molecule has 2 rings (SSSR count). The maximum Gasteiger partial charge on any atom is 0.161 e. The first-order chi connectivity index (χ1) is 8.70. The highest BCUT2D eigenvalue weighted by Gasteiger charge is 2.06. The molecule has 0 saturated carbocycles. The second-order valence-corrected chi connectivity index (χ2v) is 4.51. The Morgan fingerprint density at radius 3 is 2.78 bits per heavy atom. The molecule has 94 valence electrons. The SMILES string of the molecule is CCCNc1ccnc(-c2cc(C)ccc2C)n1. The Kier molecular flexibility index (Phi) is 3.92. The molecule has 1 heterocycles. The maximum absolute atomic E-state index is 4.56. The fourth-order valence-corrected chi connectivity index (χ4v) is 1.82. The lowest BCUT2D eigenvalue weighted by Gasteiger charge is -2.08. The van der Waals surface area contributed by atoms with E-state index < -0.39 is 0 Å². The first-order valence-electron chi connectivity index (χ1n) is 6.35. The van der Waals surface area contributed by atoms with Gasteiger partial charge in [0, 0.05) is 18.3 Å². The molecule has 3 heteroatoms. The summed E-state index contributed by atoms with van der Waals surface area (Å²) in [6.07, 6.45) is 2.89. The minimum absolute atomic E-state index is 0.789. The molecule has 18 heavy (non-hydrogen) atoms. The topological polar surface area (TPSA) is 37.8 Å². The number of aryl methyl sites for hydroxylation is 2. The smallest absolute Gasteiger partial charge is 0.161 e. The van der Waals surface area contributed by atoms with Crippen LogP contribution >= 0.6 is 0 Å². The lowest BCUT2D eigenvalue weighted by Crippen LogP contribution is -2.03. The van der Waals surface area contributed by atoms with Crippen LogP contribution in [0.15, 0.2) is 30.5 Å². The third kappa shape index (κ3) is 2.86. The van der Waals surface area contributed by atoms with E-state index >= 15 is 0 Å². The van der Waals surface area contributed by atoms with Crippen LogP contribution in [-0.4, -0.2) is 16.5 Å². The predicted octanol–water partition coefficient (Wildman–Crippen LogP) is 3.58. The van der Waals surface area contributed by atoms with Gasteiger partial charge in [0.1, 0.15) is 5.82 Å². The van der Waals surface area contributed by atoms with E-state index in [9.17, 15) is 0 Å². The second kappa shape index (κ2) is 5.63. The maximum atomic E-state index is 4.56. The lowest BCUT2D eigenvalue weighted by molar-refractivity contribution is 0.965. The average molecular weight is 241 g/mol. The fraction of sp³-hybridized carbons (Fsp3) is 0.333. The van der Waals surface area contributed by atoms with Gasteiger partial charge >= 0.3 is 0 Å². The summed E-state index contributed by atoms with van der Waals surface area (Å²) < 4.78 is 0. The van der Waals surface area contributed by atoms with Crippen molar-refractivity contribution >= 4 is 5.82 Å². The van der Waals surface area contributed by atoms with Crippen molar-refractivity contribution < 1.29 is 0 Å². The summed E-state index contributed by atoms with van der Waals surface area (Å²) in [4.78, 5) is 8.93. The molecule has 2 aromatic rings. The Morgan fingerprint density at radius 2 is 2.00 bits per heavy atom. The van der Waals surface area contributed by atoms with Crippen LogP contribution in [0.1, 0.15) is 24.5 Å². The average Bonchev–Trinajstić information content (AvgIpc) is 2.39. The zero-order valence-electron chi connectivity index (χ0n) is 11.2. The third-order valence-electron chi connectivity index (χ3n) is 2.85. The molecule has 0 fully saturated rings. The van der Waals surface area contributed by atoms with Gasteiger partial charge in [-0.05, 0) is 38.0 Å². The molecule has 0 aliphatic heterocycles. The summed E-state index contributed by atoms with van der Waals surface area (Å²) in [6, 6.07) is 8.26. The first kappa shape index (κ1) is 12.6. The van der Waals surface area contributed by atoms with Gasteiger partial charge in [0.05, 0.1) is 0 Å². The Balaban J connectivity index is 2.35. The molecule has 0 spiro atoms. The van der Waals surface area contributed by atoms with E-state index in [0.29, 0.717) is 0 Å². The van der Waals surface area contributed by atoms with Crippen molar-refractivity contribution in [3.8, 4) is 11.4 Å². The molecule has 0 bridgehead atoms. The van der Waals surface area contributed by atoms with Gasteiger partial charge in [0.15, 0.2) is 5.82 Å². The van der Waals surface area contributed by atoms with Crippen LogP contribution in [0.5, 0.6) is 0 Å². The van der Waals surface area contributed by atoms with Gasteiger partial charge < -0.3 is 5.32 Å². The normalized spacial score (nSPS) is 10.4. The van der Waals surface area contributed by atoms with Crippen molar-refractivity contribution in [3.63, 3.8) is 0 Å². The number of nitrogens with one attached hydrogen (secondary N) is 1. The summed E-state index contributed by atoms with van der Waals surface area (Å²) in [5, 5.41) is 3.29. The van der Waals surface area contributed by atoms with E-state index in [1.807, 2.05) is 12.3 Å². The van der Waals surface area contributed by atoms with Crippen molar-refractivity contribution in [3.05, 3.63) is 41.6 Å². The largest absolute Gasteiger partial charge is 0.370 e. The molecule has 0 amide bonds. The van der Waals surface area contributed by atoms with E-state index in [2.05, 4.69) is 54.3 Å². The first-order valence-corrected chi connectivity index (χ1v) is 6.35. The van der Waals surface area contributed by atoms with Gasteiger partial charge in [-0.3, -0.25) is 0 Å². The third-order valence-corrected chi connectivity index (χ3v) is 2.85. The van der Waals surface area contributed by atoms with E-state index in [4.69, 9.17) is 0 Å². The number of hydrogen-bond donors (Lipinski definition) is 1. The highest BCUT2D eigenvalue weighted by molar-refractivity contribution is 5.62. The molecule has 1 aromatic heterocycles. The minimum atomic E-state index is 0.789. The van der Waals surface area contributed by atoms with E-state index in [0.717, 1.165) is 30.2 Å². The number of benzene rings is 1. The van der Waals surface area contributed by atoms with Crippen molar-refractivity contribution in [1.29, 1.82) is 0 Å². The number of hydrogen-bond acceptors (Lipinski definition) is 3. The van der Waals surface area contributed by atoms with E-state index in [1.165, 1.54) is 11.1 Å². The Hall–Kier alpha value is -1.90. The summed E-state index contributed by atoms with van der Waals surface area (Å²) >= 11 is 0. The van der Waals surface area contributed by atoms with Crippen LogP contribution in [0, 0.1) is 13.8 Å². The van der Waals surface area contributed by atoms with Crippen LogP contribution in [-0.2, 0) is 0 Å². The standard InChI is InChI=1S/C15H19N3/c1-4-8-16-14-7-9-17-15(18-14)13-10-11(2)5-6-12(13)3/h5-7,9-10H,4,8H2,1-3H3,(H,16,17,18). The predicted molar refractivity (Wildman–Crippen MR) is 75.7 cm³/mol. The zero-order chi connectivity index (χ0) is 13.0. The Morgan fingerprint density at radius 1 is 1.17 bits per heavy atom. The molecule has 0 saturated heterocycles. The Bertz CT molecular complexity index is 535. The highest BCUT2D eigenvalue weighted by Crippen LogP contribution is 2.21. The molecule has 1 aromatic carbocycles. The molecule has 0 radical (unpaired) electrons. The van der Waals surface area contributed by atoms with Crippen molar-refractivity contribution in [1.82, 2.24) is 9.97 Å². The molecule has 0 aliphatic rings. The number of anilines is 1. The fourth-order valence-electron chi connectivity index (χ4n) is 1.82. The number of aromatic nitrogens is 2. The van der Waals surface area contributed by atoms with E-state index in [1.54, 1.807) is 0 Å². The van der Waals surface area contributed by atoms with Crippen molar-refractivity contribution in [2.24, 2.45) is 0 Å². The molecule has 1 N–H and O–H groups in total. The van der Waals surface area contributed by atoms with Crippen LogP contribution in [0.3, 0.4) is 0 Å². The number of rotatable bonds is 4. The summed E-state index contributed by atoms with van der Waals surface area (Å²) in [6.45, 7) is 7.25. The summed E-state index contributed by atoms with van der Waals surface area (Å²) in [5.41, 5.74) is 3.54. The van der Waals surface area contributed by atoms with Crippen molar-refractivity contribution in [2.75, 3.05) is 11.9 Å². The van der Waals surface area contributed by atoms with E-state index in [-0.39, 0.29) is 0 Å². The highest BCUT2D eigenvalue weighted by atomic mass is 15.0. The van der Waals surface area contributed by atoms with Gasteiger partial charge in [-0.25, -0.2) is 9.97 Å². The molecule has 0 unspecified atom stereocenters. The van der Waals surface area contributed by atoms with Gasteiger partial charge in [0.2, 0.25) is 0 Å². The van der Waals surface area contributed by atoms with Crippen LogP contribution < -0.4 is 5.32 Å². The van der Waals surface area contributed by atoms with Crippen LogP contribution in [0.25, 0.3) is 11.4 Å². The number of nitrogens with zero attached hydrogens (tertiary/aromatic N) is 2. The quantitative estimate of drug-likeness (QED) is 0.889. The zero-order valence-corrected chi connectivity index (χ0v) is 11.2. The lowest BCUT2D eigenvalue weighted by atomic mass is 10.1. The monoisotopic (exact) mass is 241 g/mol. The molecule has 0 atom stereocenters. The summed E-state index contributed by atoms with van der Waals surface area (Å²) in [5.74, 6) is 1.68.